The highest BCUT2D eigenvalue weighted by atomic mass is 32.1. The number of benzene rings is 1. The molecule has 1 aromatic carbocycles. The second kappa shape index (κ2) is 4.70. The Kier molecular flexibility index (Phi) is 2.90. The first-order chi connectivity index (χ1) is 8.81. The molecule has 0 amide bonds. The van der Waals surface area contributed by atoms with Gasteiger partial charge in [0.25, 0.3) is 0 Å². The fourth-order valence-corrected chi connectivity index (χ4v) is 2.33. The van der Waals surface area contributed by atoms with Crippen molar-refractivity contribution in [1.29, 1.82) is 0 Å². The van der Waals surface area contributed by atoms with Gasteiger partial charge in [-0.3, -0.25) is 0 Å². The molecule has 0 bridgehead atoms. The van der Waals surface area contributed by atoms with Crippen LogP contribution in [0.25, 0.3) is 10.9 Å². The number of aryl methyl sites for hydroxylation is 1. The van der Waals surface area contributed by atoms with E-state index in [1.807, 2.05) is 42.8 Å². The van der Waals surface area contributed by atoms with Gasteiger partial charge in [-0.05, 0) is 13.0 Å². The van der Waals surface area contributed by atoms with Crippen molar-refractivity contribution in [3.05, 3.63) is 46.5 Å². The number of thiazole rings is 1. The van der Waals surface area contributed by atoms with Gasteiger partial charge < -0.3 is 5.32 Å². The molecule has 18 heavy (non-hydrogen) atoms. The summed E-state index contributed by atoms with van der Waals surface area (Å²) in [7, 11) is 0. The molecule has 0 saturated carbocycles. The van der Waals surface area contributed by atoms with Crippen LogP contribution in [-0.4, -0.2) is 15.0 Å². The van der Waals surface area contributed by atoms with E-state index in [4.69, 9.17) is 0 Å². The van der Waals surface area contributed by atoms with Crippen LogP contribution in [-0.2, 0) is 6.54 Å². The van der Waals surface area contributed by atoms with Crippen molar-refractivity contribution in [3.63, 3.8) is 0 Å². The third kappa shape index (κ3) is 2.31. The third-order valence-electron chi connectivity index (χ3n) is 2.58. The van der Waals surface area contributed by atoms with Gasteiger partial charge in [0.15, 0.2) is 0 Å². The normalized spacial score (nSPS) is 10.7. The van der Waals surface area contributed by atoms with E-state index in [9.17, 15) is 0 Å². The van der Waals surface area contributed by atoms with Gasteiger partial charge in [0.1, 0.15) is 0 Å². The van der Waals surface area contributed by atoms with Gasteiger partial charge in [-0.15, -0.1) is 11.3 Å². The molecule has 0 unspecified atom stereocenters. The van der Waals surface area contributed by atoms with Gasteiger partial charge >= 0.3 is 0 Å². The van der Waals surface area contributed by atoms with Gasteiger partial charge in [0, 0.05) is 17.0 Å². The molecule has 2 heterocycles. The van der Waals surface area contributed by atoms with Gasteiger partial charge in [-0.1, -0.05) is 18.2 Å². The van der Waals surface area contributed by atoms with Gasteiger partial charge in [0.05, 0.1) is 22.8 Å². The predicted octanol–water partition coefficient (Wildman–Crippen LogP) is 3.01. The summed E-state index contributed by atoms with van der Waals surface area (Å²) < 4.78 is 0. The van der Waals surface area contributed by atoms with Crippen molar-refractivity contribution in [1.82, 2.24) is 15.0 Å². The zero-order valence-electron chi connectivity index (χ0n) is 9.92. The van der Waals surface area contributed by atoms with E-state index in [-0.39, 0.29) is 0 Å². The summed E-state index contributed by atoms with van der Waals surface area (Å²) in [5.41, 5.74) is 1.97. The Morgan fingerprint density at radius 3 is 2.94 bits per heavy atom. The zero-order chi connectivity index (χ0) is 12.4. The highest BCUT2D eigenvalue weighted by molar-refractivity contribution is 7.09. The lowest BCUT2D eigenvalue weighted by atomic mass is 10.2. The Labute approximate surface area is 109 Å². The first kappa shape index (κ1) is 11.1. The molecule has 0 radical (unpaired) electrons. The fraction of sp³-hybridized carbons (Fsp3) is 0.154. The number of nitrogens with zero attached hydrogens (tertiary/aromatic N) is 3. The van der Waals surface area contributed by atoms with Crippen LogP contribution in [0.3, 0.4) is 0 Å². The molecule has 2 aromatic heterocycles. The van der Waals surface area contributed by atoms with E-state index in [0.717, 1.165) is 21.6 Å². The van der Waals surface area contributed by atoms with Crippen molar-refractivity contribution >= 4 is 28.2 Å². The Morgan fingerprint density at radius 2 is 2.11 bits per heavy atom. The second-order valence-electron chi connectivity index (χ2n) is 3.96. The second-order valence-corrected chi connectivity index (χ2v) is 5.03. The Bertz CT molecular complexity index is 677. The number of anilines is 1. The Hall–Kier alpha value is -2.01. The molecule has 1 N–H and O–H groups in total. The van der Waals surface area contributed by atoms with E-state index in [0.29, 0.717) is 12.5 Å². The Morgan fingerprint density at radius 1 is 1.22 bits per heavy atom. The largest absolute Gasteiger partial charge is 0.349 e. The molecule has 3 rings (SSSR count). The van der Waals surface area contributed by atoms with Gasteiger partial charge in [0.2, 0.25) is 5.95 Å². The number of fused-ring (bicyclic) bond motifs is 1. The fourth-order valence-electron chi connectivity index (χ4n) is 1.72. The molecule has 0 aliphatic rings. The quantitative estimate of drug-likeness (QED) is 0.782. The molecular formula is C13H12N4S. The summed E-state index contributed by atoms with van der Waals surface area (Å²) in [4.78, 5) is 13.1. The SMILES string of the molecule is Cc1nc(CNc2ncc3ccccc3n2)cs1. The molecule has 0 saturated heterocycles. The molecule has 0 fully saturated rings. The number of hydrogen-bond donors (Lipinski definition) is 1. The minimum Gasteiger partial charge on any atom is -0.349 e. The lowest BCUT2D eigenvalue weighted by Gasteiger charge is -2.03. The van der Waals surface area contributed by atoms with Crippen molar-refractivity contribution in [2.24, 2.45) is 0 Å². The van der Waals surface area contributed by atoms with E-state index in [2.05, 4.69) is 20.3 Å². The van der Waals surface area contributed by atoms with E-state index < -0.39 is 0 Å². The summed E-state index contributed by atoms with van der Waals surface area (Å²) in [6.07, 6.45) is 1.83. The van der Waals surface area contributed by atoms with E-state index in [1.54, 1.807) is 11.3 Å². The molecule has 4 nitrogen and oxygen atoms in total. The highest BCUT2D eigenvalue weighted by Crippen LogP contribution is 2.13. The summed E-state index contributed by atoms with van der Waals surface area (Å²) in [6, 6.07) is 7.94. The summed E-state index contributed by atoms with van der Waals surface area (Å²) in [6.45, 7) is 2.66. The van der Waals surface area contributed by atoms with Crippen LogP contribution in [0.1, 0.15) is 10.7 Å². The zero-order valence-corrected chi connectivity index (χ0v) is 10.7. The minimum absolute atomic E-state index is 0.638. The first-order valence-corrected chi connectivity index (χ1v) is 6.56. The highest BCUT2D eigenvalue weighted by Gasteiger charge is 2.01. The summed E-state index contributed by atoms with van der Waals surface area (Å²) in [5, 5.41) is 7.36. The molecule has 0 spiro atoms. The maximum atomic E-state index is 4.45. The van der Waals surface area contributed by atoms with E-state index in [1.165, 1.54) is 0 Å². The topological polar surface area (TPSA) is 50.7 Å². The lowest BCUT2D eigenvalue weighted by molar-refractivity contribution is 1.02. The minimum atomic E-state index is 0.638. The van der Waals surface area contributed by atoms with Crippen molar-refractivity contribution in [2.45, 2.75) is 13.5 Å². The van der Waals surface area contributed by atoms with Crippen LogP contribution < -0.4 is 5.32 Å². The molecular weight excluding hydrogens is 244 g/mol. The average molecular weight is 256 g/mol. The van der Waals surface area contributed by atoms with Crippen LogP contribution in [0.4, 0.5) is 5.95 Å². The van der Waals surface area contributed by atoms with Crippen LogP contribution >= 0.6 is 11.3 Å². The molecule has 0 atom stereocenters. The number of rotatable bonds is 3. The number of para-hydroxylation sites is 1. The summed E-state index contributed by atoms with van der Waals surface area (Å²) >= 11 is 1.65. The molecule has 90 valence electrons. The van der Waals surface area contributed by atoms with Crippen LogP contribution in [0.15, 0.2) is 35.8 Å². The lowest BCUT2D eigenvalue weighted by Crippen LogP contribution is -2.03. The van der Waals surface area contributed by atoms with E-state index >= 15 is 0 Å². The maximum Gasteiger partial charge on any atom is 0.223 e. The number of hydrogen-bond acceptors (Lipinski definition) is 5. The van der Waals surface area contributed by atoms with Gasteiger partial charge in [-0.25, -0.2) is 15.0 Å². The molecule has 5 heteroatoms. The average Bonchev–Trinajstić information content (AvgIpc) is 2.82. The number of nitrogens with one attached hydrogen (secondary N) is 1. The smallest absolute Gasteiger partial charge is 0.223 e. The first-order valence-electron chi connectivity index (χ1n) is 5.68. The number of aromatic nitrogens is 3. The molecule has 3 aromatic rings. The summed E-state index contributed by atoms with van der Waals surface area (Å²) in [5.74, 6) is 0.638. The van der Waals surface area contributed by atoms with Crippen molar-refractivity contribution in [2.75, 3.05) is 5.32 Å². The van der Waals surface area contributed by atoms with Crippen molar-refractivity contribution < 1.29 is 0 Å². The molecule has 0 aliphatic heterocycles. The van der Waals surface area contributed by atoms with Crippen LogP contribution in [0.5, 0.6) is 0 Å². The van der Waals surface area contributed by atoms with Crippen molar-refractivity contribution in [3.8, 4) is 0 Å². The van der Waals surface area contributed by atoms with Gasteiger partial charge in [-0.2, -0.15) is 0 Å². The van der Waals surface area contributed by atoms with Crippen LogP contribution in [0, 0.1) is 6.92 Å². The predicted molar refractivity (Wildman–Crippen MR) is 73.7 cm³/mol. The third-order valence-corrected chi connectivity index (χ3v) is 3.41. The molecule has 0 aliphatic carbocycles. The Balaban J connectivity index is 1.78. The monoisotopic (exact) mass is 256 g/mol. The van der Waals surface area contributed by atoms with Crippen LogP contribution in [0.2, 0.25) is 0 Å². The maximum absolute atomic E-state index is 4.45. The standard InChI is InChI=1S/C13H12N4S/c1-9-16-11(8-18-9)7-15-13-14-6-10-4-2-3-5-12(10)17-13/h2-6,8H,7H2,1H3,(H,14,15,17).